The van der Waals surface area contributed by atoms with Crippen LogP contribution in [0.3, 0.4) is 0 Å². The van der Waals surface area contributed by atoms with Crippen molar-refractivity contribution < 1.29 is 10.1 Å². The first-order valence-corrected chi connectivity index (χ1v) is 3.44. The molecule has 0 atom stereocenters. The number of benzene rings is 1. The first-order valence-electron chi connectivity index (χ1n) is 3.44. The van der Waals surface area contributed by atoms with Crippen LogP contribution in [0.5, 0.6) is 5.75 Å². The van der Waals surface area contributed by atoms with Crippen molar-refractivity contribution in [2.75, 3.05) is 0 Å². The lowest BCUT2D eigenvalue weighted by Crippen LogP contribution is -2.13. The summed E-state index contributed by atoms with van der Waals surface area (Å²) < 4.78 is 0. The molecule has 0 unspecified atom stereocenters. The average molecular weight is 164 g/mol. The number of hydrazone groups is 1. The summed E-state index contributed by atoms with van der Waals surface area (Å²) in [7, 11) is -0.175. The van der Waals surface area contributed by atoms with Crippen LogP contribution < -0.4 is 11.3 Å². The molecule has 0 aliphatic rings. The summed E-state index contributed by atoms with van der Waals surface area (Å²) in [6.07, 6.45) is 1.42. The predicted octanol–water partition coefficient (Wildman–Crippen LogP) is -1.35. The number of phenols is 1. The van der Waals surface area contributed by atoms with E-state index in [2.05, 4.69) is 5.10 Å². The van der Waals surface area contributed by atoms with E-state index in [-0.39, 0.29) is 13.2 Å². The van der Waals surface area contributed by atoms with Gasteiger partial charge in [-0.05, 0) is 17.1 Å². The fourth-order valence-corrected chi connectivity index (χ4v) is 0.881. The third kappa shape index (κ3) is 1.76. The Bertz CT molecular complexity index is 301. The van der Waals surface area contributed by atoms with Crippen LogP contribution in [0.15, 0.2) is 23.3 Å². The lowest BCUT2D eigenvalue weighted by Gasteiger charge is -1.99. The van der Waals surface area contributed by atoms with E-state index in [1.54, 1.807) is 12.1 Å². The summed E-state index contributed by atoms with van der Waals surface area (Å²) in [5.74, 6) is 4.97. The second kappa shape index (κ2) is 3.78. The molecule has 12 heavy (non-hydrogen) atoms. The third-order valence-electron chi connectivity index (χ3n) is 1.50. The van der Waals surface area contributed by atoms with Crippen molar-refractivity contribution in [3.8, 4) is 5.75 Å². The second-order valence-corrected chi connectivity index (χ2v) is 2.32. The topological polar surface area (TPSA) is 78.8 Å². The number of aromatic hydroxyl groups is 1. The van der Waals surface area contributed by atoms with E-state index in [0.29, 0.717) is 11.0 Å². The molecule has 0 radical (unpaired) electrons. The van der Waals surface area contributed by atoms with Gasteiger partial charge in [-0.15, -0.1) is 0 Å². The molecule has 0 saturated heterocycles. The SMILES string of the molecule is N/N=C/c1ccc(BO)c(O)c1. The van der Waals surface area contributed by atoms with E-state index >= 15 is 0 Å². The number of nitrogens with two attached hydrogens (primary N) is 1. The lowest BCUT2D eigenvalue weighted by atomic mass is 9.87. The summed E-state index contributed by atoms with van der Waals surface area (Å²) in [4.78, 5) is 0. The number of hydrogen-bond donors (Lipinski definition) is 3. The minimum atomic E-state index is -0.175. The first kappa shape index (κ1) is 8.61. The van der Waals surface area contributed by atoms with Gasteiger partial charge in [-0.25, -0.2) is 0 Å². The molecule has 0 heterocycles. The third-order valence-corrected chi connectivity index (χ3v) is 1.50. The monoisotopic (exact) mass is 164 g/mol. The molecule has 0 saturated carbocycles. The molecule has 0 spiro atoms. The van der Waals surface area contributed by atoms with Crippen molar-refractivity contribution in [1.82, 2.24) is 0 Å². The molecule has 0 fully saturated rings. The molecule has 0 aromatic heterocycles. The van der Waals surface area contributed by atoms with Gasteiger partial charge in [-0.3, -0.25) is 0 Å². The zero-order valence-electron chi connectivity index (χ0n) is 6.44. The molecule has 1 rings (SSSR count). The van der Waals surface area contributed by atoms with Gasteiger partial charge in [0.05, 0.1) is 6.21 Å². The Kier molecular flexibility index (Phi) is 2.71. The van der Waals surface area contributed by atoms with Gasteiger partial charge in [0.2, 0.25) is 0 Å². The van der Waals surface area contributed by atoms with Crippen molar-refractivity contribution in [2.24, 2.45) is 10.9 Å². The largest absolute Gasteiger partial charge is 0.508 e. The van der Waals surface area contributed by atoms with Crippen LogP contribution in [-0.2, 0) is 0 Å². The molecular weight excluding hydrogens is 155 g/mol. The lowest BCUT2D eigenvalue weighted by molar-refractivity contribution is 0.478. The zero-order chi connectivity index (χ0) is 8.97. The van der Waals surface area contributed by atoms with Crippen molar-refractivity contribution in [2.45, 2.75) is 0 Å². The number of nitrogens with zero attached hydrogens (tertiary/aromatic N) is 1. The number of rotatable bonds is 2. The van der Waals surface area contributed by atoms with Gasteiger partial charge < -0.3 is 16.0 Å². The zero-order valence-corrected chi connectivity index (χ0v) is 6.44. The summed E-state index contributed by atoms with van der Waals surface area (Å²) in [5.41, 5.74) is 1.19. The van der Waals surface area contributed by atoms with E-state index in [1.165, 1.54) is 12.3 Å². The van der Waals surface area contributed by atoms with Crippen LogP contribution in [0, 0.1) is 0 Å². The molecule has 1 aromatic rings. The molecular formula is C7H9BN2O2. The quantitative estimate of drug-likeness (QED) is 0.219. The Hall–Kier alpha value is -1.49. The van der Waals surface area contributed by atoms with Gasteiger partial charge >= 0.3 is 7.48 Å². The maximum Gasteiger partial charge on any atom is 0.308 e. The molecule has 5 heteroatoms. The highest BCUT2D eigenvalue weighted by molar-refractivity contribution is 6.46. The number of phenolic OH excluding ortho intramolecular Hbond substituents is 1. The summed E-state index contributed by atoms with van der Waals surface area (Å²) in [5, 5.41) is 21.3. The van der Waals surface area contributed by atoms with Crippen molar-refractivity contribution in [3.63, 3.8) is 0 Å². The first-order chi connectivity index (χ1) is 5.77. The van der Waals surface area contributed by atoms with Crippen LogP contribution in [0.25, 0.3) is 0 Å². The Morgan fingerprint density at radius 1 is 1.50 bits per heavy atom. The van der Waals surface area contributed by atoms with E-state index in [9.17, 15) is 5.11 Å². The van der Waals surface area contributed by atoms with E-state index < -0.39 is 0 Å². The Morgan fingerprint density at radius 2 is 2.25 bits per heavy atom. The smallest absolute Gasteiger partial charge is 0.308 e. The van der Waals surface area contributed by atoms with Gasteiger partial charge in [0.15, 0.2) is 0 Å². The van der Waals surface area contributed by atoms with Crippen molar-refractivity contribution in [1.29, 1.82) is 0 Å². The molecule has 4 N–H and O–H groups in total. The molecule has 4 nitrogen and oxygen atoms in total. The van der Waals surface area contributed by atoms with E-state index in [1.807, 2.05) is 0 Å². The number of hydrogen-bond acceptors (Lipinski definition) is 4. The molecule has 0 aliphatic heterocycles. The van der Waals surface area contributed by atoms with Crippen LogP contribution in [0.4, 0.5) is 0 Å². The Balaban J connectivity index is 3.01. The standard InChI is InChI=1S/C7H9BN2O2/c9-10-4-5-1-2-6(8-12)7(11)3-5/h1-4,8,11-12H,9H2/b10-4+. The fourth-order valence-electron chi connectivity index (χ4n) is 0.881. The van der Waals surface area contributed by atoms with Crippen molar-refractivity contribution in [3.05, 3.63) is 23.8 Å². The maximum absolute atomic E-state index is 9.26. The Morgan fingerprint density at radius 3 is 2.75 bits per heavy atom. The van der Waals surface area contributed by atoms with E-state index in [4.69, 9.17) is 10.9 Å². The molecule has 0 aliphatic carbocycles. The highest BCUT2D eigenvalue weighted by atomic mass is 16.3. The van der Waals surface area contributed by atoms with Gasteiger partial charge in [0, 0.05) is 0 Å². The predicted molar refractivity (Wildman–Crippen MR) is 48.9 cm³/mol. The van der Waals surface area contributed by atoms with Gasteiger partial charge in [0.25, 0.3) is 0 Å². The van der Waals surface area contributed by atoms with Crippen LogP contribution >= 0.6 is 0 Å². The molecule has 0 amide bonds. The molecule has 62 valence electrons. The molecule has 0 bridgehead atoms. The summed E-state index contributed by atoms with van der Waals surface area (Å²) in [6.45, 7) is 0. The second-order valence-electron chi connectivity index (χ2n) is 2.32. The fraction of sp³-hybridized carbons (Fsp3) is 0. The Labute approximate surface area is 70.6 Å². The highest BCUT2D eigenvalue weighted by Crippen LogP contribution is 2.06. The average Bonchev–Trinajstić information content (AvgIpc) is 2.05. The van der Waals surface area contributed by atoms with E-state index in [0.717, 1.165) is 0 Å². The van der Waals surface area contributed by atoms with Crippen molar-refractivity contribution >= 4 is 19.2 Å². The summed E-state index contributed by atoms with van der Waals surface area (Å²) >= 11 is 0. The normalized spacial score (nSPS) is 10.4. The van der Waals surface area contributed by atoms with Gasteiger partial charge in [-0.1, -0.05) is 12.1 Å². The van der Waals surface area contributed by atoms with Crippen LogP contribution in [0.1, 0.15) is 5.56 Å². The maximum atomic E-state index is 9.26. The molecule has 1 aromatic carbocycles. The van der Waals surface area contributed by atoms with Gasteiger partial charge in [-0.2, -0.15) is 5.10 Å². The minimum absolute atomic E-state index is 0.0508. The van der Waals surface area contributed by atoms with Gasteiger partial charge in [0.1, 0.15) is 5.75 Å². The highest BCUT2D eigenvalue weighted by Gasteiger charge is 2.00. The van der Waals surface area contributed by atoms with Crippen LogP contribution in [-0.4, -0.2) is 23.8 Å². The minimum Gasteiger partial charge on any atom is -0.508 e. The van der Waals surface area contributed by atoms with Crippen LogP contribution in [0.2, 0.25) is 0 Å². The summed E-state index contributed by atoms with van der Waals surface area (Å²) in [6, 6.07) is 4.82.